The van der Waals surface area contributed by atoms with Crippen LogP contribution in [-0.4, -0.2) is 35.2 Å². The van der Waals surface area contributed by atoms with E-state index >= 15 is 0 Å². The minimum absolute atomic E-state index is 0.182. The summed E-state index contributed by atoms with van der Waals surface area (Å²) in [5.41, 5.74) is 1.69. The summed E-state index contributed by atoms with van der Waals surface area (Å²) in [7, 11) is 0. The number of hydrogen-bond acceptors (Lipinski definition) is 3. The number of likely N-dealkylation sites (tertiary alicyclic amines) is 1. The third-order valence-corrected chi connectivity index (χ3v) is 7.65. The van der Waals surface area contributed by atoms with Gasteiger partial charge < -0.3 is 9.84 Å². The molecule has 0 aromatic heterocycles. The van der Waals surface area contributed by atoms with E-state index in [0.717, 1.165) is 63.4 Å². The van der Waals surface area contributed by atoms with E-state index in [1.807, 2.05) is 0 Å². The summed E-state index contributed by atoms with van der Waals surface area (Å²) >= 11 is 0. The number of rotatable bonds is 5. The molecule has 0 bridgehead atoms. The molecule has 32 heavy (non-hydrogen) atoms. The molecular weight excluding hydrogens is 398 g/mol. The quantitative estimate of drug-likeness (QED) is 0.579. The van der Waals surface area contributed by atoms with Crippen molar-refractivity contribution in [3.63, 3.8) is 0 Å². The zero-order valence-electron chi connectivity index (χ0n) is 20.0. The summed E-state index contributed by atoms with van der Waals surface area (Å²) in [5, 5.41) is 11.8. The Bertz CT molecular complexity index is 924. The van der Waals surface area contributed by atoms with Crippen LogP contribution in [0.25, 0.3) is 10.8 Å². The van der Waals surface area contributed by atoms with Crippen molar-refractivity contribution < 1.29 is 14.6 Å². The van der Waals surface area contributed by atoms with Gasteiger partial charge in [-0.25, -0.2) is 0 Å². The van der Waals surface area contributed by atoms with Crippen molar-refractivity contribution in [2.45, 2.75) is 78.4 Å². The average molecular weight is 438 g/mol. The molecule has 0 spiro atoms. The second-order valence-electron chi connectivity index (χ2n) is 11.0. The molecule has 0 radical (unpaired) electrons. The zero-order chi connectivity index (χ0) is 22.7. The summed E-state index contributed by atoms with van der Waals surface area (Å²) < 4.78 is 6.36. The van der Waals surface area contributed by atoms with Gasteiger partial charge in [0.25, 0.3) is 0 Å². The lowest BCUT2D eigenvalue weighted by molar-refractivity contribution is -0.142. The maximum Gasteiger partial charge on any atom is 0.306 e. The van der Waals surface area contributed by atoms with Crippen LogP contribution in [0.4, 0.5) is 0 Å². The van der Waals surface area contributed by atoms with E-state index in [4.69, 9.17) is 4.74 Å². The normalized spacial score (nSPS) is 25.4. The lowest BCUT2D eigenvalue weighted by Gasteiger charge is -2.37. The molecule has 1 saturated carbocycles. The number of benzene rings is 2. The first-order valence-electron chi connectivity index (χ1n) is 12.4. The van der Waals surface area contributed by atoms with Crippen LogP contribution < -0.4 is 4.74 Å². The Kier molecular flexibility index (Phi) is 7.09. The Morgan fingerprint density at radius 2 is 1.69 bits per heavy atom. The first-order chi connectivity index (χ1) is 15.3. The number of nitrogens with zero attached hydrogens (tertiary/aromatic N) is 1. The smallest absolute Gasteiger partial charge is 0.306 e. The van der Waals surface area contributed by atoms with E-state index in [1.54, 1.807) is 0 Å². The highest BCUT2D eigenvalue weighted by molar-refractivity contribution is 5.84. The van der Waals surface area contributed by atoms with E-state index < -0.39 is 5.97 Å². The monoisotopic (exact) mass is 437 g/mol. The van der Waals surface area contributed by atoms with Crippen LogP contribution in [0.3, 0.4) is 0 Å². The largest absolute Gasteiger partial charge is 0.490 e. The second kappa shape index (κ2) is 9.82. The molecule has 1 aliphatic heterocycles. The van der Waals surface area contributed by atoms with Gasteiger partial charge in [0.2, 0.25) is 0 Å². The van der Waals surface area contributed by atoms with Gasteiger partial charge in [-0.2, -0.15) is 0 Å². The average Bonchev–Trinajstić information content (AvgIpc) is 2.99. The van der Waals surface area contributed by atoms with Crippen molar-refractivity contribution in [1.29, 1.82) is 0 Å². The summed E-state index contributed by atoms with van der Waals surface area (Å²) in [6.45, 7) is 9.80. The first kappa shape index (κ1) is 23.1. The number of carbonyl (C=O) groups is 1. The molecular formula is C28H39NO3. The van der Waals surface area contributed by atoms with E-state index in [1.165, 1.54) is 29.2 Å². The molecule has 1 saturated heterocycles. The Morgan fingerprint density at radius 3 is 2.41 bits per heavy atom. The van der Waals surface area contributed by atoms with Crippen molar-refractivity contribution in [3.8, 4) is 5.75 Å². The van der Waals surface area contributed by atoms with Crippen molar-refractivity contribution >= 4 is 16.7 Å². The summed E-state index contributed by atoms with van der Waals surface area (Å²) in [6, 6.07) is 13.2. The molecule has 174 valence electrons. The molecule has 4 nitrogen and oxygen atoms in total. The number of hydrogen-bond donors (Lipinski definition) is 1. The van der Waals surface area contributed by atoms with Crippen LogP contribution in [0.5, 0.6) is 5.75 Å². The Balaban J connectivity index is 1.35. The van der Waals surface area contributed by atoms with Crippen LogP contribution in [0.1, 0.15) is 71.3 Å². The molecule has 0 amide bonds. The van der Waals surface area contributed by atoms with Gasteiger partial charge in [-0.05, 0) is 104 Å². The maximum atomic E-state index is 11.3. The summed E-state index contributed by atoms with van der Waals surface area (Å²) in [4.78, 5) is 13.7. The van der Waals surface area contributed by atoms with Gasteiger partial charge in [-0.3, -0.25) is 9.69 Å². The van der Waals surface area contributed by atoms with Gasteiger partial charge >= 0.3 is 5.97 Å². The molecule has 4 heteroatoms. The molecule has 1 heterocycles. The van der Waals surface area contributed by atoms with Gasteiger partial charge in [0.05, 0.1) is 12.0 Å². The Morgan fingerprint density at radius 1 is 0.969 bits per heavy atom. The molecule has 1 unspecified atom stereocenters. The van der Waals surface area contributed by atoms with Crippen molar-refractivity contribution in [1.82, 2.24) is 4.90 Å². The summed E-state index contributed by atoms with van der Waals surface area (Å²) in [6.07, 6.45) is 7.66. The predicted octanol–water partition coefficient (Wildman–Crippen LogP) is 6.51. The van der Waals surface area contributed by atoms with E-state index in [9.17, 15) is 9.90 Å². The third kappa shape index (κ3) is 5.83. The molecule has 2 aliphatic rings. The van der Waals surface area contributed by atoms with Crippen LogP contribution in [0.2, 0.25) is 0 Å². The van der Waals surface area contributed by atoms with Crippen LogP contribution in [0, 0.1) is 17.3 Å². The highest BCUT2D eigenvalue weighted by Crippen LogP contribution is 2.39. The SMILES string of the molecule is CC(C)(C)C1CCC(Oc2ccc3cc(CN4CCCC(C(=O)O)CC4)ccc3c2)CC1. The van der Waals surface area contributed by atoms with Gasteiger partial charge in [0, 0.05) is 6.54 Å². The van der Waals surface area contributed by atoms with Gasteiger partial charge in [0.15, 0.2) is 0 Å². The molecule has 2 aromatic rings. The van der Waals surface area contributed by atoms with Crippen molar-refractivity contribution in [2.24, 2.45) is 17.3 Å². The molecule has 1 N–H and O–H groups in total. The van der Waals surface area contributed by atoms with Crippen LogP contribution in [0.15, 0.2) is 36.4 Å². The van der Waals surface area contributed by atoms with Crippen LogP contribution >= 0.6 is 0 Å². The fourth-order valence-corrected chi connectivity index (χ4v) is 5.50. The second-order valence-corrected chi connectivity index (χ2v) is 11.0. The lowest BCUT2D eigenvalue weighted by atomic mass is 9.72. The molecule has 2 fully saturated rings. The number of aliphatic carboxylic acids is 1. The third-order valence-electron chi connectivity index (χ3n) is 7.65. The predicted molar refractivity (Wildman–Crippen MR) is 130 cm³/mol. The number of ether oxygens (including phenoxy) is 1. The molecule has 4 rings (SSSR count). The Hall–Kier alpha value is -2.07. The number of carboxylic acid groups (broad SMARTS) is 1. The summed E-state index contributed by atoms with van der Waals surface area (Å²) in [5.74, 6) is 0.963. The fourth-order valence-electron chi connectivity index (χ4n) is 5.50. The minimum atomic E-state index is -0.641. The standard InChI is InChI=1S/C28H39NO3/c1-28(2,3)24-9-12-25(13-10-24)32-26-11-8-22-17-20(6-7-23(22)18-26)19-29-15-4-5-21(14-16-29)27(30)31/h6-8,11,17-18,21,24-25H,4-5,9-10,12-16,19H2,1-3H3,(H,30,31). The molecule has 1 aliphatic carbocycles. The van der Waals surface area contributed by atoms with Crippen molar-refractivity contribution in [3.05, 3.63) is 42.0 Å². The van der Waals surface area contributed by atoms with E-state index in [-0.39, 0.29) is 5.92 Å². The lowest BCUT2D eigenvalue weighted by Crippen LogP contribution is -2.30. The fraction of sp³-hybridized carbons (Fsp3) is 0.607. The highest BCUT2D eigenvalue weighted by atomic mass is 16.5. The van der Waals surface area contributed by atoms with E-state index in [2.05, 4.69) is 62.1 Å². The van der Waals surface area contributed by atoms with Gasteiger partial charge in [-0.1, -0.05) is 39.0 Å². The zero-order valence-corrected chi connectivity index (χ0v) is 20.0. The number of fused-ring (bicyclic) bond motifs is 1. The van der Waals surface area contributed by atoms with Gasteiger partial charge in [0.1, 0.15) is 5.75 Å². The maximum absolute atomic E-state index is 11.3. The van der Waals surface area contributed by atoms with E-state index in [0.29, 0.717) is 11.5 Å². The molecule has 1 atom stereocenters. The van der Waals surface area contributed by atoms with Crippen LogP contribution in [-0.2, 0) is 11.3 Å². The van der Waals surface area contributed by atoms with Gasteiger partial charge in [-0.15, -0.1) is 0 Å². The molecule has 2 aromatic carbocycles. The van der Waals surface area contributed by atoms with Crippen molar-refractivity contribution in [2.75, 3.05) is 13.1 Å². The first-order valence-corrected chi connectivity index (χ1v) is 12.4. The number of carboxylic acids is 1. The highest BCUT2D eigenvalue weighted by Gasteiger charge is 2.30. The topological polar surface area (TPSA) is 49.8 Å². The Labute approximate surface area is 192 Å². The minimum Gasteiger partial charge on any atom is -0.490 e.